The van der Waals surface area contributed by atoms with E-state index in [4.69, 9.17) is 4.74 Å². The van der Waals surface area contributed by atoms with Gasteiger partial charge in [0, 0.05) is 17.7 Å². The van der Waals surface area contributed by atoms with E-state index in [1.807, 2.05) is 69.3 Å². The maximum Gasteiger partial charge on any atom is 0.291 e. The predicted molar refractivity (Wildman–Crippen MR) is 125 cm³/mol. The number of hydrogen-bond donors (Lipinski definition) is 0. The van der Waals surface area contributed by atoms with Crippen LogP contribution >= 0.6 is 11.3 Å². The number of para-hydroxylation sites is 1. The van der Waals surface area contributed by atoms with E-state index in [0.717, 1.165) is 29.0 Å². The molecule has 0 unspecified atom stereocenters. The van der Waals surface area contributed by atoms with E-state index in [0.29, 0.717) is 27.4 Å². The molecular weight excluding hydrogens is 424 g/mol. The number of rotatable bonds is 5. The summed E-state index contributed by atoms with van der Waals surface area (Å²) in [6.07, 6.45) is 0.921. The largest absolute Gasteiger partial charge is 0.491 e. The van der Waals surface area contributed by atoms with Gasteiger partial charge in [0.25, 0.3) is 11.5 Å². The first kappa shape index (κ1) is 20.4. The van der Waals surface area contributed by atoms with E-state index in [9.17, 15) is 9.59 Å². The van der Waals surface area contributed by atoms with Crippen LogP contribution in [0.15, 0.2) is 53.3 Å². The Hall–Kier alpha value is -3.52. The van der Waals surface area contributed by atoms with E-state index in [1.54, 1.807) is 4.90 Å². The highest BCUT2D eigenvalue weighted by Crippen LogP contribution is 2.35. The van der Waals surface area contributed by atoms with Crippen LogP contribution in [0.25, 0.3) is 21.9 Å². The van der Waals surface area contributed by atoms with Crippen LogP contribution in [0, 0.1) is 0 Å². The molecule has 32 heavy (non-hydrogen) atoms. The number of benzene rings is 2. The molecule has 8 heteroatoms. The van der Waals surface area contributed by atoms with Crippen LogP contribution in [0.1, 0.15) is 32.8 Å². The first-order chi connectivity index (χ1) is 15.5. The van der Waals surface area contributed by atoms with Crippen LogP contribution in [0.5, 0.6) is 5.75 Å². The van der Waals surface area contributed by atoms with Crippen molar-refractivity contribution >= 4 is 33.5 Å². The van der Waals surface area contributed by atoms with Crippen molar-refractivity contribution in [2.24, 2.45) is 0 Å². The van der Waals surface area contributed by atoms with Gasteiger partial charge in [-0.25, -0.2) is 0 Å². The minimum absolute atomic E-state index is 0.0903. The maximum absolute atomic E-state index is 13.2. The highest BCUT2D eigenvalue weighted by molar-refractivity contribution is 7.15. The van der Waals surface area contributed by atoms with Crippen molar-refractivity contribution < 1.29 is 9.53 Å². The fourth-order valence-electron chi connectivity index (χ4n) is 3.91. The summed E-state index contributed by atoms with van der Waals surface area (Å²) in [5, 5.41) is 4.43. The van der Waals surface area contributed by atoms with Gasteiger partial charge in [0.05, 0.1) is 17.4 Å². The zero-order chi connectivity index (χ0) is 22.4. The second-order valence-electron chi connectivity index (χ2n) is 7.91. The van der Waals surface area contributed by atoms with Gasteiger partial charge >= 0.3 is 0 Å². The molecule has 0 saturated carbocycles. The minimum Gasteiger partial charge on any atom is -0.491 e. The second-order valence-corrected chi connectivity index (χ2v) is 8.88. The summed E-state index contributed by atoms with van der Waals surface area (Å²) < 4.78 is 7.34. The topological polar surface area (TPSA) is 76.8 Å². The van der Waals surface area contributed by atoms with Crippen LogP contribution in [0.2, 0.25) is 0 Å². The summed E-state index contributed by atoms with van der Waals surface area (Å²) in [5.41, 5.74) is 2.54. The Bertz CT molecular complexity index is 1440. The van der Waals surface area contributed by atoms with Crippen molar-refractivity contribution in [2.75, 3.05) is 11.4 Å². The van der Waals surface area contributed by atoms with E-state index >= 15 is 0 Å². The molecule has 1 amide bonds. The van der Waals surface area contributed by atoms with Crippen LogP contribution in [-0.4, -0.2) is 33.2 Å². The molecule has 4 aromatic rings. The van der Waals surface area contributed by atoms with Crippen LogP contribution < -0.4 is 19.7 Å². The van der Waals surface area contributed by atoms with Crippen molar-refractivity contribution in [2.45, 2.75) is 33.3 Å². The fraction of sp³-hybridized carbons (Fsp3) is 0.250. The Labute approximate surface area is 188 Å². The molecule has 1 aliphatic heterocycles. The first-order valence-electron chi connectivity index (χ1n) is 10.6. The Morgan fingerprint density at radius 2 is 1.81 bits per heavy atom. The average molecular weight is 447 g/mol. The summed E-state index contributed by atoms with van der Waals surface area (Å²) in [4.78, 5) is 33.2. The zero-order valence-corrected chi connectivity index (χ0v) is 18.8. The monoisotopic (exact) mass is 446 g/mol. The molecule has 0 saturated heterocycles. The normalized spacial score (nSPS) is 15.1. The van der Waals surface area contributed by atoms with Gasteiger partial charge in [-0.1, -0.05) is 36.5 Å². The van der Waals surface area contributed by atoms with Crippen molar-refractivity contribution in [1.82, 2.24) is 14.6 Å². The molecule has 0 bridgehead atoms. The summed E-state index contributed by atoms with van der Waals surface area (Å²) in [7, 11) is 0. The molecule has 5 rings (SSSR count). The van der Waals surface area contributed by atoms with Crippen molar-refractivity contribution in [3.05, 3.63) is 69.0 Å². The van der Waals surface area contributed by atoms with Gasteiger partial charge in [-0.15, -0.1) is 5.10 Å². The van der Waals surface area contributed by atoms with Crippen molar-refractivity contribution in [3.8, 4) is 17.1 Å². The highest BCUT2D eigenvalue weighted by atomic mass is 32.1. The number of ether oxygens (including phenoxy) is 1. The Balaban J connectivity index is 1.60. The van der Waals surface area contributed by atoms with E-state index in [1.165, 1.54) is 15.9 Å². The van der Waals surface area contributed by atoms with Crippen LogP contribution in [0.4, 0.5) is 5.69 Å². The third kappa shape index (κ3) is 3.27. The smallest absolute Gasteiger partial charge is 0.291 e. The van der Waals surface area contributed by atoms with Gasteiger partial charge in [0.2, 0.25) is 4.96 Å². The van der Waals surface area contributed by atoms with Gasteiger partial charge in [-0.05, 0) is 50.6 Å². The first-order valence-corrected chi connectivity index (χ1v) is 11.4. The Morgan fingerprint density at radius 3 is 2.50 bits per heavy atom. The van der Waals surface area contributed by atoms with Crippen LogP contribution in [0.3, 0.4) is 0 Å². The quantitative estimate of drug-likeness (QED) is 0.470. The van der Waals surface area contributed by atoms with E-state index in [-0.39, 0.29) is 17.6 Å². The Morgan fingerprint density at radius 1 is 1.06 bits per heavy atom. The number of carbonyl (C=O) groups is 1. The molecule has 2 aromatic carbocycles. The third-order valence-electron chi connectivity index (χ3n) is 5.24. The van der Waals surface area contributed by atoms with Gasteiger partial charge in [0.15, 0.2) is 5.82 Å². The zero-order valence-electron chi connectivity index (χ0n) is 18.0. The van der Waals surface area contributed by atoms with Gasteiger partial charge < -0.3 is 9.64 Å². The second kappa shape index (κ2) is 7.87. The minimum atomic E-state index is -0.319. The molecule has 7 nitrogen and oxygen atoms in total. The summed E-state index contributed by atoms with van der Waals surface area (Å²) in [6, 6.07) is 15.1. The lowest BCUT2D eigenvalue weighted by Gasteiger charge is -2.15. The van der Waals surface area contributed by atoms with Crippen molar-refractivity contribution in [1.29, 1.82) is 0 Å². The standard InChI is InChI=1S/C24H22N4O3S/c1-4-13-27-18-8-6-5-7-17(18)19(22(27)29)20-23(30)28-24(32-20)25-21(26-28)15-9-11-16(12-10-15)31-14(2)3/h5-12,14H,4,13H2,1-3H3/b20-19+. The molecule has 162 valence electrons. The molecule has 0 atom stereocenters. The molecule has 0 spiro atoms. The molecule has 0 N–H and O–H groups in total. The SMILES string of the molecule is CCCN1C(=O)/C(=c2/sc3nc(-c4ccc(OC(C)C)cc4)nn3c2=O)c2ccccc21. The lowest BCUT2D eigenvalue weighted by Crippen LogP contribution is -2.32. The van der Waals surface area contributed by atoms with E-state index < -0.39 is 0 Å². The number of fused-ring (bicyclic) bond motifs is 2. The molecule has 0 radical (unpaired) electrons. The number of thiazole rings is 1. The lowest BCUT2D eigenvalue weighted by atomic mass is 10.1. The van der Waals surface area contributed by atoms with Crippen LogP contribution in [-0.2, 0) is 4.79 Å². The third-order valence-corrected chi connectivity index (χ3v) is 6.27. The Kier molecular flexibility index (Phi) is 5.01. The number of carbonyl (C=O) groups excluding carboxylic acids is 1. The number of anilines is 1. The summed E-state index contributed by atoms with van der Waals surface area (Å²) in [6.45, 7) is 6.58. The van der Waals surface area contributed by atoms with Crippen molar-refractivity contribution in [3.63, 3.8) is 0 Å². The molecule has 0 fully saturated rings. The molecule has 1 aliphatic rings. The molecule has 2 aromatic heterocycles. The number of amides is 1. The van der Waals surface area contributed by atoms with Gasteiger partial charge in [-0.3, -0.25) is 9.59 Å². The summed E-state index contributed by atoms with van der Waals surface area (Å²) in [5.74, 6) is 1.09. The fourth-order valence-corrected chi connectivity index (χ4v) is 4.91. The average Bonchev–Trinajstić information content (AvgIpc) is 3.40. The number of aromatic nitrogens is 3. The molecule has 0 aliphatic carbocycles. The highest BCUT2D eigenvalue weighted by Gasteiger charge is 2.33. The number of nitrogens with zero attached hydrogens (tertiary/aromatic N) is 4. The summed E-state index contributed by atoms with van der Waals surface area (Å²) >= 11 is 1.20. The molecule has 3 heterocycles. The predicted octanol–water partition coefficient (Wildman–Crippen LogP) is 3.28. The molecular formula is C24H22N4O3S. The maximum atomic E-state index is 13.2. The van der Waals surface area contributed by atoms with Gasteiger partial charge in [-0.2, -0.15) is 9.50 Å². The lowest BCUT2D eigenvalue weighted by molar-refractivity contribution is -0.113. The van der Waals surface area contributed by atoms with Gasteiger partial charge in [0.1, 0.15) is 10.3 Å². The van der Waals surface area contributed by atoms with E-state index in [2.05, 4.69) is 10.1 Å². The number of hydrogen-bond acceptors (Lipinski definition) is 6.